The van der Waals surface area contributed by atoms with Crippen LogP contribution in [0.1, 0.15) is 13.3 Å². The molecule has 0 bridgehead atoms. The van der Waals surface area contributed by atoms with Crippen LogP contribution in [0.3, 0.4) is 0 Å². The molecule has 0 spiro atoms. The lowest BCUT2D eigenvalue weighted by atomic mass is 10.3. The van der Waals surface area contributed by atoms with E-state index in [-0.39, 0.29) is 17.2 Å². The van der Waals surface area contributed by atoms with Crippen LogP contribution in [0.5, 0.6) is 5.75 Å². The number of nitrogens with zero attached hydrogens (tertiary/aromatic N) is 4. The van der Waals surface area contributed by atoms with Gasteiger partial charge in [0, 0.05) is 26.2 Å². The monoisotopic (exact) mass is 417 g/mol. The fourth-order valence-corrected chi connectivity index (χ4v) is 3.64. The molecule has 3 rings (SSSR count). The van der Waals surface area contributed by atoms with Crippen LogP contribution in [0.15, 0.2) is 47.4 Å². The predicted octanol–water partition coefficient (Wildman–Crippen LogP) is 2.11. The van der Waals surface area contributed by atoms with Gasteiger partial charge in [-0.25, -0.2) is 17.4 Å². The number of ether oxygens (including phenoxy) is 1. The minimum Gasteiger partial charge on any atom is -0.494 e. The highest BCUT2D eigenvalue weighted by Crippen LogP contribution is 2.20. The minimum absolute atomic E-state index is 0.148. The third-order valence-corrected chi connectivity index (χ3v) is 6.07. The molecule has 0 saturated heterocycles. The number of hydrogen-bond acceptors (Lipinski definition) is 6. The molecule has 0 unspecified atom stereocenters. The molecular weight excluding hydrogens is 394 g/mol. The van der Waals surface area contributed by atoms with E-state index in [1.54, 1.807) is 35.0 Å². The SMILES string of the molecule is CCOc1ccc(NC(=O)CCn2nnc3cc(S(=O)(=O)N(C)C)ccc32)cc1. The van der Waals surface area contributed by atoms with Gasteiger partial charge in [0.1, 0.15) is 11.3 Å². The van der Waals surface area contributed by atoms with Gasteiger partial charge >= 0.3 is 0 Å². The van der Waals surface area contributed by atoms with Crippen LogP contribution in [0.4, 0.5) is 5.69 Å². The van der Waals surface area contributed by atoms with Gasteiger partial charge < -0.3 is 10.1 Å². The number of aromatic nitrogens is 3. The first kappa shape index (κ1) is 20.7. The number of aryl methyl sites for hydroxylation is 1. The van der Waals surface area contributed by atoms with Crippen LogP contribution >= 0.6 is 0 Å². The molecule has 10 heteroatoms. The standard InChI is InChI=1S/C19H23N5O4S/c1-4-28-15-7-5-14(6-8-15)20-19(25)11-12-24-18-10-9-16(13-17(18)21-22-24)29(26,27)23(2)3/h5-10,13H,4,11-12H2,1-3H3,(H,20,25). The largest absolute Gasteiger partial charge is 0.494 e. The van der Waals surface area contributed by atoms with E-state index in [9.17, 15) is 13.2 Å². The maximum absolute atomic E-state index is 12.2. The third kappa shape index (κ3) is 4.72. The second-order valence-electron chi connectivity index (χ2n) is 6.51. The lowest BCUT2D eigenvalue weighted by Gasteiger charge is -2.11. The van der Waals surface area contributed by atoms with Gasteiger partial charge in [0.2, 0.25) is 15.9 Å². The number of fused-ring (bicyclic) bond motifs is 1. The van der Waals surface area contributed by atoms with Gasteiger partial charge in [-0.3, -0.25) is 4.79 Å². The number of hydrogen-bond donors (Lipinski definition) is 1. The smallest absolute Gasteiger partial charge is 0.242 e. The van der Waals surface area contributed by atoms with E-state index in [0.29, 0.717) is 29.9 Å². The number of nitrogens with one attached hydrogen (secondary N) is 1. The second kappa shape index (κ2) is 8.58. The van der Waals surface area contributed by atoms with Crippen LogP contribution in [-0.2, 0) is 21.4 Å². The molecule has 0 saturated carbocycles. The Bertz CT molecular complexity index is 1110. The minimum atomic E-state index is -3.54. The first-order valence-electron chi connectivity index (χ1n) is 9.09. The number of carbonyl (C=O) groups excluding carboxylic acids is 1. The molecular formula is C19H23N5O4S. The molecule has 0 aliphatic heterocycles. The molecule has 2 aromatic carbocycles. The van der Waals surface area contributed by atoms with E-state index in [4.69, 9.17) is 4.74 Å². The van der Waals surface area contributed by atoms with Crippen molar-refractivity contribution >= 4 is 32.7 Å². The number of benzene rings is 2. The molecule has 1 N–H and O–H groups in total. The molecule has 0 aliphatic carbocycles. The van der Waals surface area contributed by atoms with Gasteiger partial charge in [-0.05, 0) is 49.4 Å². The fourth-order valence-electron chi connectivity index (χ4n) is 2.72. The molecule has 1 heterocycles. The molecule has 1 amide bonds. The summed E-state index contributed by atoms with van der Waals surface area (Å²) < 4.78 is 32.6. The lowest BCUT2D eigenvalue weighted by Crippen LogP contribution is -2.22. The van der Waals surface area contributed by atoms with Crippen molar-refractivity contribution in [2.75, 3.05) is 26.0 Å². The Morgan fingerprint density at radius 2 is 1.90 bits per heavy atom. The maximum Gasteiger partial charge on any atom is 0.242 e. The molecule has 0 aliphatic rings. The molecule has 0 radical (unpaired) electrons. The summed E-state index contributed by atoms with van der Waals surface area (Å²) in [6.45, 7) is 2.81. The summed E-state index contributed by atoms with van der Waals surface area (Å²) >= 11 is 0. The molecule has 0 fully saturated rings. The quantitative estimate of drug-likeness (QED) is 0.602. The first-order valence-corrected chi connectivity index (χ1v) is 10.5. The average Bonchev–Trinajstić information content (AvgIpc) is 3.10. The van der Waals surface area contributed by atoms with Crippen molar-refractivity contribution in [2.24, 2.45) is 0 Å². The zero-order valence-electron chi connectivity index (χ0n) is 16.5. The van der Waals surface area contributed by atoms with E-state index in [0.717, 1.165) is 10.1 Å². The van der Waals surface area contributed by atoms with Crippen LogP contribution in [0.2, 0.25) is 0 Å². The van der Waals surface area contributed by atoms with Crippen molar-refractivity contribution < 1.29 is 17.9 Å². The van der Waals surface area contributed by atoms with Crippen molar-refractivity contribution in [1.82, 2.24) is 19.3 Å². The second-order valence-corrected chi connectivity index (χ2v) is 8.66. The number of rotatable bonds is 8. The van der Waals surface area contributed by atoms with Crippen LogP contribution in [0, 0.1) is 0 Å². The number of anilines is 1. The summed E-state index contributed by atoms with van der Waals surface area (Å²) in [7, 11) is -0.600. The average molecular weight is 417 g/mol. The van der Waals surface area contributed by atoms with Gasteiger partial charge in [-0.15, -0.1) is 5.10 Å². The molecule has 0 atom stereocenters. The Morgan fingerprint density at radius 1 is 1.17 bits per heavy atom. The Morgan fingerprint density at radius 3 is 2.55 bits per heavy atom. The fraction of sp³-hybridized carbons (Fsp3) is 0.316. The van der Waals surface area contributed by atoms with Crippen molar-refractivity contribution in [3.8, 4) is 5.75 Å². The Balaban J connectivity index is 1.65. The van der Waals surface area contributed by atoms with Crippen LogP contribution < -0.4 is 10.1 Å². The third-order valence-electron chi connectivity index (χ3n) is 4.26. The predicted molar refractivity (Wildman–Crippen MR) is 109 cm³/mol. The van der Waals surface area contributed by atoms with Crippen LogP contribution in [0.25, 0.3) is 11.0 Å². The van der Waals surface area contributed by atoms with Crippen molar-refractivity contribution in [1.29, 1.82) is 0 Å². The molecule has 9 nitrogen and oxygen atoms in total. The van der Waals surface area contributed by atoms with E-state index in [1.807, 2.05) is 6.92 Å². The van der Waals surface area contributed by atoms with Gasteiger partial charge in [0.25, 0.3) is 0 Å². The summed E-state index contributed by atoms with van der Waals surface area (Å²) in [4.78, 5) is 12.4. The number of carbonyl (C=O) groups is 1. The maximum atomic E-state index is 12.2. The lowest BCUT2D eigenvalue weighted by molar-refractivity contribution is -0.116. The molecule has 3 aromatic rings. The van der Waals surface area contributed by atoms with E-state index in [2.05, 4.69) is 15.6 Å². The summed E-state index contributed by atoms with van der Waals surface area (Å²) in [6.07, 6.45) is 0.198. The van der Waals surface area contributed by atoms with E-state index in [1.165, 1.54) is 26.2 Å². The molecule has 29 heavy (non-hydrogen) atoms. The van der Waals surface area contributed by atoms with E-state index >= 15 is 0 Å². The Kier molecular flexibility index (Phi) is 6.14. The highest BCUT2D eigenvalue weighted by molar-refractivity contribution is 7.89. The summed E-state index contributed by atoms with van der Waals surface area (Å²) in [5.74, 6) is 0.583. The number of amides is 1. The first-order chi connectivity index (χ1) is 13.8. The normalized spacial score (nSPS) is 11.7. The summed E-state index contributed by atoms with van der Waals surface area (Å²) in [6, 6.07) is 11.8. The topological polar surface area (TPSA) is 106 Å². The Labute approximate surface area is 169 Å². The van der Waals surface area contributed by atoms with Gasteiger partial charge in [0.15, 0.2) is 0 Å². The molecule has 1 aromatic heterocycles. The van der Waals surface area contributed by atoms with Crippen molar-refractivity contribution in [2.45, 2.75) is 24.8 Å². The zero-order valence-corrected chi connectivity index (χ0v) is 17.3. The Hall–Kier alpha value is -2.98. The van der Waals surface area contributed by atoms with Gasteiger partial charge in [0.05, 0.1) is 23.6 Å². The van der Waals surface area contributed by atoms with Crippen molar-refractivity contribution in [3.63, 3.8) is 0 Å². The highest BCUT2D eigenvalue weighted by atomic mass is 32.2. The number of sulfonamides is 1. The van der Waals surface area contributed by atoms with Crippen molar-refractivity contribution in [3.05, 3.63) is 42.5 Å². The summed E-state index contributed by atoms with van der Waals surface area (Å²) in [5.41, 5.74) is 1.80. The van der Waals surface area contributed by atoms with Gasteiger partial charge in [-0.1, -0.05) is 5.21 Å². The van der Waals surface area contributed by atoms with Gasteiger partial charge in [-0.2, -0.15) is 0 Å². The zero-order chi connectivity index (χ0) is 21.0. The van der Waals surface area contributed by atoms with Crippen LogP contribution in [-0.4, -0.2) is 54.3 Å². The van der Waals surface area contributed by atoms with E-state index < -0.39 is 10.0 Å². The summed E-state index contributed by atoms with van der Waals surface area (Å²) in [5, 5.41) is 10.9. The highest BCUT2D eigenvalue weighted by Gasteiger charge is 2.19. The molecule has 154 valence electrons.